The van der Waals surface area contributed by atoms with E-state index in [2.05, 4.69) is 6.92 Å². The van der Waals surface area contributed by atoms with E-state index < -0.39 is 11.4 Å². The Hall–Kier alpha value is -0.830. The molecule has 3 nitrogen and oxygen atoms in total. The van der Waals surface area contributed by atoms with E-state index >= 15 is 0 Å². The summed E-state index contributed by atoms with van der Waals surface area (Å²) in [7, 11) is 0. The van der Waals surface area contributed by atoms with Gasteiger partial charge in [0.25, 0.3) is 0 Å². The maximum Gasteiger partial charge on any atom is 0.309 e. The van der Waals surface area contributed by atoms with Crippen molar-refractivity contribution in [1.82, 2.24) is 0 Å². The Morgan fingerprint density at radius 3 is 2.60 bits per heavy atom. The largest absolute Gasteiger partial charge is 0.481 e. The molecular weight excluding hydrogens is 252 g/mol. The van der Waals surface area contributed by atoms with Crippen molar-refractivity contribution in [2.45, 2.75) is 71.3 Å². The van der Waals surface area contributed by atoms with E-state index in [4.69, 9.17) is 0 Å². The number of carboxylic acid groups (broad SMARTS) is 1. The van der Waals surface area contributed by atoms with Gasteiger partial charge in [0, 0.05) is 0 Å². The predicted octanol–water partition coefficient (Wildman–Crippen LogP) is 3.52. The van der Waals surface area contributed by atoms with Gasteiger partial charge in [-0.2, -0.15) is 0 Å². The Kier molecular flexibility index (Phi) is 3.24. The summed E-state index contributed by atoms with van der Waals surface area (Å²) < 4.78 is 0. The lowest BCUT2D eigenvalue weighted by Crippen LogP contribution is -2.51. The molecule has 4 unspecified atom stereocenters. The molecule has 20 heavy (non-hydrogen) atoms. The quantitative estimate of drug-likeness (QED) is 0.722. The lowest BCUT2D eigenvalue weighted by atomic mass is 9.48. The standard InChI is InChI=1S/C17H26O3/c1-16-8-3-9-17(2,15(19)20)14(16)7-5-11-4-6-12(18)10-13(11)16/h12,14,18H,3-10H2,1-2H3,(H,19,20). The normalized spacial score (nSPS) is 44.8. The summed E-state index contributed by atoms with van der Waals surface area (Å²) in [4.78, 5) is 11.8. The second-order valence-corrected chi connectivity index (χ2v) is 7.56. The number of hydrogen-bond donors (Lipinski definition) is 2. The first-order chi connectivity index (χ1) is 9.38. The van der Waals surface area contributed by atoms with Gasteiger partial charge in [-0.1, -0.05) is 24.5 Å². The number of rotatable bonds is 1. The smallest absolute Gasteiger partial charge is 0.309 e. The lowest BCUT2D eigenvalue weighted by Gasteiger charge is -2.55. The summed E-state index contributed by atoms with van der Waals surface area (Å²) in [5, 5.41) is 19.8. The molecule has 1 fully saturated rings. The molecule has 0 aromatic carbocycles. The first-order valence-electron chi connectivity index (χ1n) is 8.01. The Balaban J connectivity index is 2.03. The summed E-state index contributed by atoms with van der Waals surface area (Å²) in [6.07, 6.45) is 7.39. The van der Waals surface area contributed by atoms with Gasteiger partial charge in [-0.3, -0.25) is 4.79 Å². The molecule has 1 saturated carbocycles. The van der Waals surface area contributed by atoms with Crippen LogP contribution in [0.15, 0.2) is 11.1 Å². The minimum Gasteiger partial charge on any atom is -0.481 e. The molecule has 3 rings (SSSR count). The van der Waals surface area contributed by atoms with Crippen molar-refractivity contribution in [2.75, 3.05) is 0 Å². The molecule has 3 heteroatoms. The number of allylic oxidation sites excluding steroid dienone is 1. The molecule has 0 amide bonds. The van der Waals surface area contributed by atoms with E-state index in [0.29, 0.717) is 0 Å². The highest BCUT2D eigenvalue weighted by atomic mass is 16.4. The molecule has 0 spiro atoms. The topological polar surface area (TPSA) is 57.5 Å². The molecule has 2 N–H and O–H groups in total. The first-order valence-corrected chi connectivity index (χ1v) is 8.01. The van der Waals surface area contributed by atoms with Gasteiger partial charge >= 0.3 is 5.97 Å². The molecule has 3 aliphatic rings. The zero-order valence-corrected chi connectivity index (χ0v) is 12.6. The van der Waals surface area contributed by atoms with Crippen molar-refractivity contribution >= 4 is 5.97 Å². The van der Waals surface area contributed by atoms with Gasteiger partial charge in [0.1, 0.15) is 0 Å². The van der Waals surface area contributed by atoms with E-state index in [1.807, 2.05) is 6.92 Å². The van der Waals surface area contributed by atoms with Gasteiger partial charge in [0.2, 0.25) is 0 Å². The van der Waals surface area contributed by atoms with E-state index in [1.54, 1.807) is 0 Å². The summed E-state index contributed by atoms with van der Waals surface area (Å²) >= 11 is 0. The summed E-state index contributed by atoms with van der Waals surface area (Å²) in [6.45, 7) is 4.22. The number of fused-ring (bicyclic) bond motifs is 2. The molecule has 0 aliphatic heterocycles. The fraction of sp³-hybridized carbons (Fsp3) is 0.824. The van der Waals surface area contributed by atoms with Gasteiger partial charge in [0.15, 0.2) is 0 Å². The summed E-state index contributed by atoms with van der Waals surface area (Å²) in [5.41, 5.74) is 2.36. The van der Waals surface area contributed by atoms with Crippen molar-refractivity contribution in [3.05, 3.63) is 11.1 Å². The van der Waals surface area contributed by atoms with Crippen LogP contribution in [0.4, 0.5) is 0 Å². The molecule has 0 aromatic heterocycles. The molecule has 112 valence electrons. The van der Waals surface area contributed by atoms with Crippen LogP contribution in [0, 0.1) is 16.7 Å². The average molecular weight is 278 g/mol. The van der Waals surface area contributed by atoms with Crippen LogP contribution in [0.3, 0.4) is 0 Å². The predicted molar refractivity (Wildman–Crippen MR) is 77.3 cm³/mol. The second kappa shape index (κ2) is 4.59. The van der Waals surface area contributed by atoms with Crippen molar-refractivity contribution < 1.29 is 15.0 Å². The van der Waals surface area contributed by atoms with E-state index in [-0.39, 0.29) is 17.4 Å². The van der Waals surface area contributed by atoms with Crippen LogP contribution in [-0.2, 0) is 4.79 Å². The van der Waals surface area contributed by atoms with E-state index in [9.17, 15) is 15.0 Å². The van der Waals surface area contributed by atoms with Gasteiger partial charge < -0.3 is 10.2 Å². The third-order valence-corrected chi connectivity index (χ3v) is 6.49. The second-order valence-electron chi connectivity index (χ2n) is 7.56. The Morgan fingerprint density at radius 1 is 1.20 bits per heavy atom. The highest BCUT2D eigenvalue weighted by Crippen LogP contribution is 2.61. The molecule has 0 heterocycles. The molecule has 0 aromatic rings. The van der Waals surface area contributed by atoms with Crippen molar-refractivity contribution in [3.8, 4) is 0 Å². The van der Waals surface area contributed by atoms with Crippen LogP contribution in [0.5, 0.6) is 0 Å². The third-order valence-electron chi connectivity index (χ3n) is 6.49. The molecule has 3 aliphatic carbocycles. The molecule has 0 bridgehead atoms. The van der Waals surface area contributed by atoms with Crippen LogP contribution < -0.4 is 0 Å². The Morgan fingerprint density at radius 2 is 1.90 bits per heavy atom. The van der Waals surface area contributed by atoms with Gasteiger partial charge in [-0.05, 0) is 63.2 Å². The third kappa shape index (κ3) is 1.86. The summed E-state index contributed by atoms with van der Waals surface area (Å²) in [5.74, 6) is -0.404. The fourth-order valence-corrected chi connectivity index (χ4v) is 5.33. The van der Waals surface area contributed by atoms with Crippen molar-refractivity contribution in [1.29, 1.82) is 0 Å². The lowest BCUT2D eigenvalue weighted by molar-refractivity contribution is -0.159. The van der Waals surface area contributed by atoms with Crippen LogP contribution >= 0.6 is 0 Å². The van der Waals surface area contributed by atoms with Crippen LogP contribution in [0.25, 0.3) is 0 Å². The average Bonchev–Trinajstić information content (AvgIpc) is 2.39. The molecular formula is C17H26O3. The number of hydrogen-bond acceptors (Lipinski definition) is 2. The molecule has 0 saturated heterocycles. The molecule has 4 atom stereocenters. The van der Waals surface area contributed by atoms with Crippen molar-refractivity contribution in [2.24, 2.45) is 16.7 Å². The summed E-state index contributed by atoms with van der Waals surface area (Å²) in [6, 6.07) is 0. The monoisotopic (exact) mass is 278 g/mol. The van der Waals surface area contributed by atoms with Crippen LogP contribution in [-0.4, -0.2) is 22.3 Å². The van der Waals surface area contributed by atoms with Gasteiger partial charge in [-0.25, -0.2) is 0 Å². The number of aliphatic hydroxyl groups is 1. The highest BCUT2D eigenvalue weighted by molar-refractivity contribution is 5.75. The zero-order valence-electron chi connectivity index (χ0n) is 12.6. The highest BCUT2D eigenvalue weighted by Gasteiger charge is 2.56. The number of carbonyl (C=O) groups is 1. The zero-order chi connectivity index (χ0) is 14.5. The van der Waals surface area contributed by atoms with Crippen molar-refractivity contribution in [3.63, 3.8) is 0 Å². The van der Waals surface area contributed by atoms with E-state index in [0.717, 1.165) is 51.4 Å². The van der Waals surface area contributed by atoms with Gasteiger partial charge in [-0.15, -0.1) is 0 Å². The van der Waals surface area contributed by atoms with E-state index in [1.165, 1.54) is 11.1 Å². The SMILES string of the molecule is CC1(C(=O)O)CCCC2(C)C3=C(CCC(O)C3)CCC12. The minimum atomic E-state index is -0.631. The Labute approximate surface area is 121 Å². The number of aliphatic hydroxyl groups excluding tert-OH is 1. The first kappa shape index (κ1) is 14.1. The minimum absolute atomic E-state index is 0.000370. The number of aliphatic carboxylic acids is 1. The maximum absolute atomic E-state index is 11.8. The van der Waals surface area contributed by atoms with Crippen LogP contribution in [0.2, 0.25) is 0 Å². The maximum atomic E-state index is 11.8. The fourth-order valence-electron chi connectivity index (χ4n) is 5.33. The Bertz CT molecular complexity index is 467. The van der Waals surface area contributed by atoms with Gasteiger partial charge in [0.05, 0.1) is 11.5 Å². The molecule has 0 radical (unpaired) electrons. The van der Waals surface area contributed by atoms with Crippen LogP contribution in [0.1, 0.15) is 65.2 Å². The number of carboxylic acids is 1.